The van der Waals surface area contributed by atoms with Gasteiger partial charge in [0.05, 0.1) is 22.1 Å². The highest BCUT2D eigenvalue weighted by molar-refractivity contribution is 6.20. The van der Waals surface area contributed by atoms with Gasteiger partial charge in [-0.1, -0.05) is 176 Å². The van der Waals surface area contributed by atoms with E-state index >= 15 is 0 Å². The number of hydrogen-bond acceptors (Lipinski definition) is 0. The molecule has 0 N–H and O–H groups in total. The van der Waals surface area contributed by atoms with E-state index in [0.717, 1.165) is 11.4 Å². The molecule has 0 aliphatic heterocycles. The third-order valence-electron chi connectivity index (χ3n) is 13.9. The van der Waals surface area contributed by atoms with Gasteiger partial charge in [-0.2, -0.15) is 0 Å². The van der Waals surface area contributed by atoms with Gasteiger partial charge in [0.25, 0.3) is 0 Å². The van der Waals surface area contributed by atoms with Gasteiger partial charge in [0.2, 0.25) is 0 Å². The van der Waals surface area contributed by atoms with Crippen LogP contribution in [0.4, 0.5) is 0 Å². The summed E-state index contributed by atoms with van der Waals surface area (Å²) in [5.74, 6) is 0. The summed E-state index contributed by atoms with van der Waals surface area (Å²) < 4.78 is 4.89. The van der Waals surface area contributed by atoms with Crippen LogP contribution in [-0.2, 0) is 0 Å². The number of aromatic nitrogens is 2. The van der Waals surface area contributed by atoms with Gasteiger partial charge < -0.3 is 9.13 Å². The summed E-state index contributed by atoms with van der Waals surface area (Å²) in [5, 5.41) is 10.1. The van der Waals surface area contributed by atoms with E-state index in [4.69, 9.17) is 0 Å². The molecule has 0 unspecified atom stereocenters. The molecule has 64 heavy (non-hydrogen) atoms. The summed E-state index contributed by atoms with van der Waals surface area (Å²) in [5.41, 5.74) is 19.8. The van der Waals surface area contributed by atoms with E-state index in [1.54, 1.807) is 0 Å². The Labute approximate surface area is 370 Å². The number of nitrogens with zero attached hydrogens (tertiary/aromatic N) is 2. The lowest BCUT2D eigenvalue weighted by Crippen LogP contribution is -1.95. The maximum absolute atomic E-state index is 2.48. The molecule has 296 valence electrons. The van der Waals surface area contributed by atoms with Crippen molar-refractivity contribution in [2.24, 2.45) is 0 Å². The Balaban J connectivity index is 0.907. The van der Waals surface area contributed by atoms with Crippen LogP contribution in [-0.4, -0.2) is 9.13 Å². The third kappa shape index (κ3) is 5.08. The molecule has 11 aromatic carbocycles. The van der Waals surface area contributed by atoms with Gasteiger partial charge in [0, 0.05) is 38.3 Å². The van der Waals surface area contributed by atoms with Crippen LogP contribution in [0.5, 0.6) is 0 Å². The smallest absolute Gasteiger partial charge is 0.0619 e. The zero-order valence-corrected chi connectivity index (χ0v) is 34.8. The Hall–Kier alpha value is -8.46. The van der Waals surface area contributed by atoms with Crippen molar-refractivity contribution in [1.82, 2.24) is 9.13 Å². The molecular weight excluding hydrogens is 773 g/mol. The van der Waals surface area contributed by atoms with Crippen molar-refractivity contribution in [3.05, 3.63) is 231 Å². The van der Waals surface area contributed by atoms with Crippen LogP contribution >= 0.6 is 0 Å². The Morgan fingerprint density at radius 2 is 0.797 bits per heavy atom. The number of para-hydroxylation sites is 1. The summed E-state index contributed by atoms with van der Waals surface area (Å²) in [6, 6.07) is 85.2. The molecule has 0 spiro atoms. The first-order valence-corrected chi connectivity index (χ1v) is 22.2. The fraction of sp³-hybridized carbons (Fsp3) is 0. The Morgan fingerprint density at radius 3 is 1.61 bits per heavy atom. The van der Waals surface area contributed by atoms with Gasteiger partial charge in [-0.05, 0) is 126 Å². The topological polar surface area (TPSA) is 9.86 Å². The molecule has 1 aliphatic carbocycles. The van der Waals surface area contributed by atoms with Crippen LogP contribution in [0.2, 0.25) is 0 Å². The lowest BCUT2D eigenvalue weighted by Gasteiger charge is -2.13. The van der Waals surface area contributed by atoms with Crippen molar-refractivity contribution in [3.8, 4) is 67.0 Å². The molecule has 0 saturated heterocycles. The SMILES string of the molecule is c1ccc(-c2cccc(-n3c4ccccc4c4cc(-c5ccc6c(c5)c5ccc7ccccc7c5n6-c5ccc(-c6ccc7c8c(cccc68)-c6ccccc6-7)cc5)ccc43)c2)cc1. The van der Waals surface area contributed by atoms with Crippen molar-refractivity contribution in [3.63, 3.8) is 0 Å². The average molecular weight is 811 g/mol. The third-order valence-corrected chi connectivity index (χ3v) is 13.9. The summed E-state index contributed by atoms with van der Waals surface area (Å²) >= 11 is 0. The van der Waals surface area contributed by atoms with Crippen molar-refractivity contribution < 1.29 is 0 Å². The molecule has 0 bridgehead atoms. The number of rotatable bonds is 5. The van der Waals surface area contributed by atoms with Gasteiger partial charge in [0.15, 0.2) is 0 Å². The lowest BCUT2D eigenvalue weighted by atomic mass is 9.94. The first kappa shape index (κ1) is 35.2. The van der Waals surface area contributed by atoms with Crippen LogP contribution in [0.1, 0.15) is 0 Å². The van der Waals surface area contributed by atoms with E-state index in [1.165, 1.54) is 121 Å². The average Bonchev–Trinajstić information content (AvgIpc) is 4.01. The molecule has 13 aromatic rings. The molecule has 0 fully saturated rings. The minimum Gasteiger partial charge on any atom is -0.309 e. The highest BCUT2D eigenvalue weighted by Crippen LogP contribution is 2.49. The monoisotopic (exact) mass is 810 g/mol. The van der Waals surface area contributed by atoms with Crippen molar-refractivity contribution in [2.45, 2.75) is 0 Å². The first-order valence-electron chi connectivity index (χ1n) is 22.2. The zero-order chi connectivity index (χ0) is 41.9. The van der Waals surface area contributed by atoms with E-state index in [0.29, 0.717) is 0 Å². The lowest BCUT2D eigenvalue weighted by molar-refractivity contribution is 1.18. The number of benzene rings is 11. The second-order valence-electron chi connectivity index (χ2n) is 17.2. The molecule has 2 aromatic heterocycles. The molecule has 0 radical (unpaired) electrons. The molecule has 0 atom stereocenters. The largest absolute Gasteiger partial charge is 0.309 e. The Bertz CT molecular complexity index is 4020. The number of fused-ring (bicyclic) bond motifs is 11. The van der Waals surface area contributed by atoms with E-state index < -0.39 is 0 Å². The summed E-state index contributed by atoms with van der Waals surface area (Å²) in [7, 11) is 0. The summed E-state index contributed by atoms with van der Waals surface area (Å²) in [6.45, 7) is 0. The van der Waals surface area contributed by atoms with E-state index in [1.807, 2.05) is 0 Å². The fourth-order valence-corrected chi connectivity index (χ4v) is 11.0. The van der Waals surface area contributed by atoms with Crippen molar-refractivity contribution in [1.29, 1.82) is 0 Å². The van der Waals surface area contributed by atoms with E-state index in [2.05, 4.69) is 240 Å². The van der Waals surface area contributed by atoms with Crippen LogP contribution < -0.4 is 0 Å². The Morgan fingerprint density at radius 1 is 0.234 bits per heavy atom. The second-order valence-corrected chi connectivity index (χ2v) is 17.2. The minimum atomic E-state index is 1.15. The van der Waals surface area contributed by atoms with Crippen LogP contribution in [0.15, 0.2) is 231 Å². The molecule has 0 amide bonds. The first-order chi connectivity index (χ1) is 31.7. The minimum absolute atomic E-state index is 1.15. The summed E-state index contributed by atoms with van der Waals surface area (Å²) in [6.07, 6.45) is 0. The quantitative estimate of drug-likeness (QED) is 0.164. The highest BCUT2D eigenvalue weighted by atomic mass is 15.0. The maximum Gasteiger partial charge on any atom is 0.0619 e. The van der Waals surface area contributed by atoms with Crippen LogP contribution in [0.25, 0.3) is 132 Å². The highest BCUT2D eigenvalue weighted by Gasteiger charge is 2.23. The second kappa shape index (κ2) is 13.5. The molecule has 1 aliphatic rings. The molecular formula is C62H38N2. The van der Waals surface area contributed by atoms with Crippen LogP contribution in [0, 0.1) is 0 Å². The summed E-state index contributed by atoms with van der Waals surface area (Å²) in [4.78, 5) is 0. The molecule has 2 heterocycles. The van der Waals surface area contributed by atoms with Gasteiger partial charge >= 0.3 is 0 Å². The van der Waals surface area contributed by atoms with Gasteiger partial charge in [0.1, 0.15) is 0 Å². The zero-order valence-electron chi connectivity index (χ0n) is 34.8. The maximum atomic E-state index is 2.48. The van der Waals surface area contributed by atoms with E-state index in [-0.39, 0.29) is 0 Å². The fourth-order valence-electron chi connectivity index (χ4n) is 11.0. The van der Waals surface area contributed by atoms with Crippen LogP contribution in [0.3, 0.4) is 0 Å². The standard InChI is InChI=1S/C62H38N2/c1-2-12-39(13-3-1)42-15-10-16-46(36-42)63-58-23-9-8-20-51(58)56-37-43(27-34-59(56)63)44-28-35-60-57(38-44)55-31-26-40-14-4-5-17-48(40)62(55)64(60)45-29-24-41(25-30-45)47-32-33-54-50-19-7-6-18-49(50)53-22-11-21-52(47)61(53)54/h1-38H. The van der Waals surface area contributed by atoms with Gasteiger partial charge in [-0.15, -0.1) is 0 Å². The Kier molecular flexibility index (Phi) is 7.43. The van der Waals surface area contributed by atoms with E-state index in [9.17, 15) is 0 Å². The van der Waals surface area contributed by atoms with Gasteiger partial charge in [-0.3, -0.25) is 0 Å². The molecule has 14 rings (SSSR count). The molecule has 0 saturated carbocycles. The predicted molar refractivity (Wildman–Crippen MR) is 271 cm³/mol. The predicted octanol–water partition coefficient (Wildman–Crippen LogP) is 16.8. The van der Waals surface area contributed by atoms with Crippen molar-refractivity contribution in [2.75, 3.05) is 0 Å². The van der Waals surface area contributed by atoms with Gasteiger partial charge in [-0.25, -0.2) is 0 Å². The molecule has 2 heteroatoms. The number of hydrogen-bond donors (Lipinski definition) is 0. The van der Waals surface area contributed by atoms with Crippen molar-refractivity contribution >= 4 is 65.2 Å². The molecule has 2 nitrogen and oxygen atoms in total. The normalized spacial score (nSPS) is 12.1.